The number of nitrogens with zero attached hydrogens (tertiary/aromatic N) is 1. The van der Waals surface area contributed by atoms with Crippen molar-refractivity contribution in [2.75, 3.05) is 19.3 Å². The summed E-state index contributed by atoms with van der Waals surface area (Å²) in [5.74, 6) is -0.890. The molecule has 2 unspecified atom stereocenters. The molecule has 0 saturated heterocycles. The Hall–Kier alpha value is -0.880. The molecule has 0 aromatic heterocycles. The Morgan fingerprint density at radius 3 is 2.67 bits per heavy atom. The van der Waals surface area contributed by atoms with Gasteiger partial charge in [-0.1, -0.05) is 12.5 Å². The van der Waals surface area contributed by atoms with Gasteiger partial charge in [0.2, 0.25) is 0 Å². The molecule has 1 rings (SSSR count). The highest BCUT2D eigenvalue weighted by Crippen LogP contribution is 2.27. The van der Waals surface area contributed by atoms with E-state index in [1.54, 1.807) is 11.0 Å². The van der Waals surface area contributed by atoms with E-state index in [9.17, 15) is 13.2 Å². The number of hydrogen-bond donors (Lipinski definition) is 1. The molecule has 5 nitrogen and oxygen atoms in total. The number of carboxylic acid groups (broad SMARTS) is 1. The maximum atomic E-state index is 11.6. The molecule has 1 aliphatic rings. The number of sulfone groups is 1. The van der Waals surface area contributed by atoms with Gasteiger partial charge in [-0.15, -0.1) is 6.58 Å². The van der Waals surface area contributed by atoms with Gasteiger partial charge in [-0.25, -0.2) is 8.42 Å². The maximum absolute atomic E-state index is 11.6. The fourth-order valence-electron chi connectivity index (χ4n) is 2.52. The van der Waals surface area contributed by atoms with E-state index in [2.05, 4.69) is 6.58 Å². The molecule has 6 heteroatoms. The third-order valence-electron chi connectivity index (χ3n) is 3.42. The van der Waals surface area contributed by atoms with Crippen LogP contribution < -0.4 is 0 Å². The SMILES string of the molecule is C=CCN(CC(=O)O)C1CCCC(S(C)(=O)=O)C1. The van der Waals surface area contributed by atoms with Crippen LogP contribution in [0.4, 0.5) is 0 Å². The van der Waals surface area contributed by atoms with E-state index in [0.717, 1.165) is 12.8 Å². The average molecular weight is 275 g/mol. The van der Waals surface area contributed by atoms with Crippen molar-refractivity contribution in [2.24, 2.45) is 0 Å². The van der Waals surface area contributed by atoms with Gasteiger partial charge >= 0.3 is 5.97 Å². The van der Waals surface area contributed by atoms with Gasteiger partial charge in [-0.3, -0.25) is 9.69 Å². The lowest BCUT2D eigenvalue weighted by atomic mass is 9.93. The average Bonchev–Trinajstić information content (AvgIpc) is 2.27. The number of aliphatic carboxylic acids is 1. The van der Waals surface area contributed by atoms with Crippen molar-refractivity contribution in [2.45, 2.75) is 37.0 Å². The van der Waals surface area contributed by atoms with Crippen LogP contribution in [-0.2, 0) is 14.6 Å². The predicted octanol–water partition coefficient (Wildman–Crippen LogP) is 0.915. The Labute approximate surface area is 108 Å². The van der Waals surface area contributed by atoms with Crippen LogP contribution in [0.3, 0.4) is 0 Å². The Balaban J connectivity index is 2.73. The van der Waals surface area contributed by atoms with Gasteiger partial charge in [0, 0.05) is 18.8 Å². The van der Waals surface area contributed by atoms with Gasteiger partial charge in [0.25, 0.3) is 0 Å². The molecule has 1 aliphatic carbocycles. The van der Waals surface area contributed by atoms with Gasteiger partial charge in [0.15, 0.2) is 0 Å². The molecule has 0 radical (unpaired) electrons. The zero-order valence-electron chi connectivity index (χ0n) is 10.7. The van der Waals surface area contributed by atoms with E-state index in [1.165, 1.54) is 6.26 Å². The summed E-state index contributed by atoms with van der Waals surface area (Å²) in [6, 6.07) is 0.0209. The molecular formula is C12H21NO4S. The van der Waals surface area contributed by atoms with E-state index in [1.807, 2.05) is 0 Å². The minimum Gasteiger partial charge on any atom is -0.480 e. The first-order chi connectivity index (χ1) is 8.34. The van der Waals surface area contributed by atoms with Crippen LogP contribution in [0.15, 0.2) is 12.7 Å². The molecule has 0 spiro atoms. The van der Waals surface area contributed by atoms with Crippen molar-refractivity contribution in [1.29, 1.82) is 0 Å². The van der Waals surface area contributed by atoms with Gasteiger partial charge in [-0.05, 0) is 19.3 Å². The minimum atomic E-state index is -3.04. The van der Waals surface area contributed by atoms with Gasteiger partial charge < -0.3 is 5.11 Å². The van der Waals surface area contributed by atoms with Crippen molar-refractivity contribution in [3.05, 3.63) is 12.7 Å². The highest BCUT2D eigenvalue weighted by Gasteiger charge is 2.32. The second kappa shape index (κ2) is 6.33. The normalized spacial score (nSPS) is 25.0. The molecule has 1 N–H and O–H groups in total. The Morgan fingerprint density at radius 1 is 1.50 bits per heavy atom. The highest BCUT2D eigenvalue weighted by atomic mass is 32.2. The fourth-order valence-corrected chi connectivity index (χ4v) is 3.69. The lowest BCUT2D eigenvalue weighted by Crippen LogP contribution is -2.44. The topological polar surface area (TPSA) is 74.7 Å². The van der Waals surface area contributed by atoms with Gasteiger partial charge in [-0.2, -0.15) is 0 Å². The summed E-state index contributed by atoms with van der Waals surface area (Å²) in [7, 11) is -3.04. The summed E-state index contributed by atoms with van der Waals surface area (Å²) < 4.78 is 23.2. The van der Waals surface area contributed by atoms with Gasteiger partial charge in [0.1, 0.15) is 9.84 Å². The first-order valence-corrected chi connectivity index (χ1v) is 8.05. The van der Waals surface area contributed by atoms with Crippen LogP contribution in [0.25, 0.3) is 0 Å². The smallest absolute Gasteiger partial charge is 0.317 e. The number of carboxylic acids is 1. The molecule has 104 valence electrons. The maximum Gasteiger partial charge on any atom is 0.317 e. The Kier molecular flexibility index (Phi) is 5.34. The van der Waals surface area contributed by atoms with Crippen molar-refractivity contribution >= 4 is 15.8 Å². The van der Waals surface area contributed by atoms with Crippen molar-refractivity contribution in [1.82, 2.24) is 4.90 Å². The summed E-state index contributed by atoms with van der Waals surface area (Å²) in [4.78, 5) is 12.6. The third-order valence-corrected chi connectivity index (χ3v) is 5.06. The lowest BCUT2D eigenvalue weighted by molar-refractivity contribution is -0.138. The molecule has 0 heterocycles. The molecule has 0 aromatic carbocycles. The number of carbonyl (C=O) groups is 1. The molecule has 18 heavy (non-hydrogen) atoms. The van der Waals surface area contributed by atoms with Crippen LogP contribution in [0.2, 0.25) is 0 Å². The van der Waals surface area contributed by atoms with E-state index in [-0.39, 0.29) is 17.8 Å². The second-order valence-electron chi connectivity index (χ2n) is 4.88. The fraction of sp³-hybridized carbons (Fsp3) is 0.750. The van der Waals surface area contributed by atoms with Crippen LogP contribution in [0.1, 0.15) is 25.7 Å². The summed E-state index contributed by atoms with van der Waals surface area (Å²) >= 11 is 0. The summed E-state index contributed by atoms with van der Waals surface area (Å²) in [6.45, 7) is 4.03. The summed E-state index contributed by atoms with van der Waals surface area (Å²) in [6.07, 6.45) is 5.81. The third kappa shape index (κ3) is 4.42. The van der Waals surface area contributed by atoms with Crippen molar-refractivity contribution in [3.8, 4) is 0 Å². The zero-order valence-corrected chi connectivity index (χ0v) is 11.5. The molecule has 0 amide bonds. The van der Waals surface area contributed by atoms with Crippen molar-refractivity contribution < 1.29 is 18.3 Å². The lowest BCUT2D eigenvalue weighted by Gasteiger charge is -2.35. The molecule has 0 aromatic rings. The summed E-state index contributed by atoms with van der Waals surface area (Å²) in [5.41, 5.74) is 0. The number of rotatable bonds is 6. The molecule has 1 fully saturated rings. The Morgan fingerprint density at radius 2 is 2.17 bits per heavy atom. The first kappa shape index (κ1) is 15.2. The molecule has 0 bridgehead atoms. The van der Waals surface area contributed by atoms with E-state index < -0.39 is 15.8 Å². The van der Waals surface area contributed by atoms with Crippen LogP contribution in [0.5, 0.6) is 0 Å². The monoisotopic (exact) mass is 275 g/mol. The zero-order chi connectivity index (χ0) is 13.8. The van der Waals surface area contributed by atoms with Crippen LogP contribution in [-0.4, -0.2) is 55.0 Å². The summed E-state index contributed by atoms with van der Waals surface area (Å²) in [5, 5.41) is 8.54. The highest BCUT2D eigenvalue weighted by molar-refractivity contribution is 7.91. The van der Waals surface area contributed by atoms with Crippen molar-refractivity contribution in [3.63, 3.8) is 0 Å². The van der Waals surface area contributed by atoms with Crippen LogP contribution in [0, 0.1) is 0 Å². The largest absolute Gasteiger partial charge is 0.480 e. The first-order valence-electron chi connectivity index (χ1n) is 6.10. The van der Waals surface area contributed by atoms with E-state index in [0.29, 0.717) is 19.4 Å². The second-order valence-corrected chi connectivity index (χ2v) is 7.21. The Bertz CT molecular complexity index is 404. The molecule has 2 atom stereocenters. The molecule has 0 aliphatic heterocycles. The standard InChI is InChI=1S/C12H21NO4S/c1-3-7-13(9-12(14)15)10-5-4-6-11(8-10)18(2,16)17/h3,10-11H,1,4-9H2,2H3,(H,14,15). The quantitative estimate of drug-likeness (QED) is 0.729. The predicted molar refractivity (Wildman–Crippen MR) is 70.3 cm³/mol. The molecular weight excluding hydrogens is 254 g/mol. The van der Waals surface area contributed by atoms with Gasteiger partial charge in [0.05, 0.1) is 11.8 Å². The number of hydrogen-bond acceptors (Lipinski definition) is 4. The van der Waals surface area contributed by atoms with E-state index in [4.69, 9.17) is 5.11 Å². The minimum absolute atomic E-state index is 0.0209. The van der Waals surface area contributed by atoms with Crippen LogP contribution >= 0.6 is 0 Å². The molecule has 1 saturated carbocycles. The van der Waals surface area contributed by atoms with E-state index >= 15 is 0 Å².